The summed E-state index contributed by atoms with van der Waals surface area (Å²) in [7, 11) is -3.72. The van der Waals surface area contributed by atoms with Crippen LogP contribution in [0, 0.1) is 5.41 Å². The lowest BCUT2D eigenvalue weighted by Gasteiger charge is -2.35. The van der Waals surface area contributed by atoms with Crippen LogP contribution in [0.15, 0.2) is 18.2 Å². The number of carbonyl (C=O) groups excluding carboxylic acids is 1. The number of hydrogen-bond acceptors (Lipinski definition) is 9. The molecule has 0 bridgehead atoms. The van der Waals surface area contributed by atoms with Gasteiger partial charge in [0.1, 0.15) is 0 Å². The zero-order valence-corrected chi connectivity index (χ0v) is 21.9. The summed E-state index contributed by atoms with van der Waals surface area (Å²) in [5.41, 5.74) is 1.71. The SMILES string of the molecule is O=C(Nc1nnc(N2CCC(F)(F)CC2)s1)c1ccc(NS(=O)(=O)CCO)cc1N1CCC2(CC1)CC2. The van der Waals surface area contributed by atoms with E-state index in [4.69, 9.17) is 5.11 Å². The lowest BCUT2D eigenvalue weighted by atomic mass is 9.93. The summed E-state index contributed by atoms with van der Waals surface area (Å²) in [6.45, 7) is 1.36. The molecule has 202 valence electrons. The number of halogens is 2. The molecule has 10 nitrogen and oxygen atoms in total. The summed E-state index contributed by atoms with van der Waals surface area (Å²) in [6, 6.07) is 4.73. The number of aliphatic hydroxyl groups is 1. The molecule has 1 aromatic carbocycles. The fraction of sp³-hybridized carbons (Fsp3) is 0.609. The van der Waals surface area contributed by atoms with Gasteiger partial charge in [-0.2, -0.15) is 0 Å². The van der Waals surface area contributed by atoms with Gasteiger partial charge in [0, 0.05) is 39.0 Å². The number of anilines is 4. The quantitative estimate of drug-likeness (QED) is 0.453. The van der Waals surface area contributed by atoms with Crippen molar-refractivity contribution in [1.29, 1.82) is 0 Å². The Morgan fingerprint density at radius 1 is 1.03 bits per heavy atom. The molecule has 0 unspecified atom stereocenters. The number of nitrogens with zero attached hydrogens (tertiary/aromatic N) is 4. The van der Waals surface area contributed by atoms with Gasteiger partial charge in [0.25, 0.3) is 11.8 Å². The van der Waals surface area contributed by atoms with Gasteiger partial charge in [-0.25, -0.2) is 17.2 Å². The third kappa shape index (κ3) is 6.12. The molecule has 5 rings (SSSR count). The number of alkyl halides is 2. The second-order valence-electron chi connectivity index (χ2n) is 10.1. The molecule has 2 saturated heterocycles. The number of carbonyl (C=O) groups is 1. The Balaban J connectivity index is 1.34. The smallest absolute Gasteiger partial charge is 0.259 e. The maximum Gasteiger partial charge on any atom is 0.259 e. The fourth-order valence-corrected chi connectivity index (χ4v) is 6.50. The Morgan fingerprint density at radius 3 is 2.35 bits per heavy atom. The molecule has 3 aliphatic rings. The van der Waals surface area contributed by atoms with Crippen molar-refractivity contribution >= 4 is 48.9 Å². The second-order valence-corrected chi connectivity index (χ2v) is 12.8. The lowest BCUT2D eigenvalue weighted by molar-refractivity contribution is -0.0220. The summed E-state index contributed by atoms with van der Waals surface area (Å²) in [4.78, 5) is 17.1. The van der Waals surface area contributed by atoms with E-state index in [9.17, 15) is 22.0 Å². The number of nitrogens with one attached hydrogen (secondary N) is 2. The molecule has 0 radical (unpaired) electrons. The lowest BCUT2D eigenvalue weighted by Crippen LogP contribution is -2.39. The minimum atomic E-state index is -3.72. The molecule has 2 aliphatic heterocycles. The molecule has 2 aromatic rings. The number of benzene rings is 1. The van der Waals surface area contributed by atoms with Crippen LogP contribution in [0.3, 0.4) is 0 Å². The van der Waals surface area contributed by atoms with Crippen molar-refractivity contribution in [3.05, 3.63) is 23.8 Å². The molecule has 14 heteroatoms. The Kier molecular flexibility index (Phi) is 7.00. The first-order valence-electron chi connectivity index (χ1n) is 12.4. The Morgan fingerprint density at radius 2 is 1.70 bits per heavy atom. The molecular weight excluding hydrogens is 526 g/mol. The average molecular weight is 557 g/mol. The minimum Gasteiger partial charge on any atom is -0.395 e. The second kappa shape index (κ2) is 9.95. The van der Waals surface area contributed by atoms with E-state index in [2.05, 4.69) is 25.1 Å². The van der Waals surface area contributed by atoms with E-state index < -0.39 is 34.2 Å². The molecular formula is C23H30F2N6O4S2. The van der Waals surface area contributed by atoms with Gasteiger partial charge in [-0.15, -0.1) is 10.2 Å². The summed E-state index contributed by atoms with van der Waals surface area (Å²) in [5.74, 6) is -3.51. The molecule has 3 N–H and O–H groups in total. The van der Waals surface area contributed by atoms with Gasteiger partial charge in [0.05, 0.1) is 29.3 Å². The standard InChI is InChI=1S/C23H30F2N6O4S2/c24-23(25)7-11-31(12-8-23)21-28-27-20(36-21)26-19(33)17-2-1-16(29-37(34,35)14-13-32)15-18(17)30-9-5-22(3-4-22)6-10-30/h1-2,15,29,32H,3-14H2,(H,26,27,33). The first kappa shape index (κ1) is 26.0. The van der Waals surface area contributed by atoms with Crippen LogP contribution in [0.25, 0.3) is 0 Å². The van der Waals surface area contributed by atoms with Crippen molar-refractivity contribution in [2.45, 2.75) is 44.4 Å². The predicted octanol–water partition coefficient (Wildman–Crippen LogP) is 3.14. The molecule has 1 spiro atoms. The van der Waals surface area contributed by atoms with Gasteiger partial charge >= 0.3 is 0 Å². The van der Waals surface area contributed by atoms with E-state index in [1.54, 1.807) is 17.0 Å². The molecule has 1 aliphatic carbocycles. The van der Waals surface area contributed by atoms with Crippen LogP contribution in [0.1, 0.15) is 48.9 Å². The number of aliphatic hydroxyl groups excluding tert-OH is 1. The third-order valence-corrected chi connectivity index (χ3v) is 9.56. The first-order chi connectivity index (χ1) is 17.6. The van der Waals surface area contributed by atoms with Crippen LogP contribution >= 0.6 is 11.3 Å². The van der Waals surface area contributed by atoms with Crippen LogP contribution in [-0.2, 0) is 10.0 Å². The van der Waals surface area contributed by atoms with Crippen LogP contribution < -0.4 is 19.8 Å². The van der Waals surface area contributed by atoms with Gasteiger partial charge < -0.3 is 14.9 Å². The average Bonchev–Trinajstić information content (AvgIpc) is 3.43. The zero-order chi connectivity index (χ0) is 26.3. The number of aromatic nitrogens is 2. The monoisotopic (exact) mass is 556 g/mol. The molecule has 1 saturated carbocycles. The van der Waals surface area contributed by atoms with E-state index in [-0.39, 0.29) is 31.1 Å². The molecule has 3 heterocycles. The molecule has 1 amide bonds. The number of rotatable bonds is 8. The highest BCUT2D eigenvalue weighted by molar-refractivity contribution is 7.92. The summed E-state index contributed by atoms with van der Waals surface area (Å²) >= 11 is 1.13. The third-order valence-electron chi connectivity index (χ3n) is 7.40. The topological polar surface area (TPSA) is 128 Å². The van der Waals surface area contributed by atoms with Crippen LogP contribution in [-0.4, -0.2) is 74.1 Å². The zero-order valence-electron chi connectivity index (χ0n) is 20.3. The van der Waals surface area contributed by atoms with Crippen molar-refractivity contribution in [3.8, 4) is 0 Å². The van der Waals surface area contributed by atoms with E-state index >= 15 is 0 Å². The van der Waals surface area contributed by atoms with E-state index in [1.807, 2.05) is 0 Å². The van der Waals surface area contributed by atoms with Crippen LogP contribution in [0.2, 0.25) is 0 Å². The van der Waals surface area contributed by atoms with Crippen molar-refractivity contribution in [3.63, 3.8) is 0 Å². The maximum absolute atomic E-state index is 13.5. The fourth-order valence-electron chi connectivity index (χ4n) is 4.88. The molecule has 3 fully saturated rings. The first-order valence-corrected chi connectivity index (χ1v) is 14.8. The molecule has 1 aromatic heterocycles. The van der Waals surface area contributed by atoms with Crippen LogP contribution in [0.4, 0.5) is 30.4 Å². The highest BCUT2D eigenvalue weighted by atomic mass is 32.2. The Bertz CT molecular complexity index is 1250. The molecule has 37 heavy (non-hydrogen) atoms. The van der Waals surface area contributed by atoms with Crippen molar-refractivity contribution in [2.75, 3.05) is 58.4 Å². The number of amides is 1. The van der Waals surface area contributed by atoms with Gasteiger partial charge in [-0.3, -0.25) is 14.8 Å². The Hall–Kier alpha value is -2.58. The minimum absolute atomic E-state index is 0.170. The Labute approximate surface area is 218 Å². The normalized spacial score (nSPS) is 20.6. The van der Waals surface area contributed by atoms with Gasteiger partial charge in [0.2, 0.25) is 20.3 Å². The van der Waals surface area contributed by atoms with Gasteiger partial charge in [0.15, 0.2) is 0 Å². The largest absolute Gasteiger partial charge is 0.395 e. The highest BCUT2D eigenvalue weighted by Gasteiger charge is 2.44. The van der Waals surface area contributed by atoms with E-state index in [1.165, 1.54) is 18.9 Å². The maximum atomic E-state index is 13.5. The number of hydrogen-bond donors (Lipinski definition) is 3. The van der Waals surface area contributed by atoms with E-state index in [0.717, 1.165) is 37.3 Å². The van der Waals surface area contributed by atoms with Crippen molar-refractivity contribution in [1.82, 2.24) is 10.2 Å². The molecule has 0 atom stereocenters. The predicted molar refractivity (Wildman–Crippen MR) is 138 cm³/mol. The summed E-state index contributed by atoms with van der Waals surface area (Å²) in [6.07, 6.45) is 3.99. The van der Waals surface area contributed by atoms with Crippen molar-refractivity contribution in [2.24, 2.45) is 5.41 Å². The number of piperidine rings is 2. The summed E-state index contributed by atoms with van der Waals surface area (Å²) < 4.78 is 53.8. The van der Waals surface area contributed by atoms with Crippen LogP contribution in [0.5, 0.6) is 0 Å². The highest BCUT2D eigenvalue weighted by Crippen LogP contribution is 2.54. The number of sulfonamides is 1. The van der Waals surface area contributed by atoms with Crippen molar-refractivity contribution < 1.29 is 27.1 Å². The van der Waals surface area contributed by atoms with Gasteiger partial charge in [-0.05, 0) is 49.3 Å². The summed E-state index contributed by atoms with van der Waals surface area (Å²) in [5, 5.41) is 20.6. The van der Waals surface area contributed by atoms with E-state index in [0.29, 0.717) is 27.5 Å². The van der Waals surface area contributed by atoms with Gasteiger partial charge in [-0.1, -0.05) is 11.3 Å².